The number of aryl methyl sites for hydroxylation is 2. The van der Waals surface area contributed by atoms with E-state index in [0.29, 0.717) is 16.5 Å². The highest BCUT2D eigenvalue weighted by Crippen LogP contribution is 2.27. The van der Waals surface area contributed by atoms with Gasteiger partial charge in [0.25, 0.3) is 5.91 Å². The van der Waals surface area contributed by atoms with Crippen molar-refractivity contribution in [2.24, 2.45) is 0 Å². The van der Waals surface area contributed by atoms with Crippen LogP contribution in [0.5, 0.6) is 0 Å². The molecule has 0 aliphatic carbocycles. The Morgan fingerprint density at radius 1 is 1.23 bits per heavy atom. The predicted molar refractivity (Wildman–Crippen MR) is 89.7 cm³/mol. The Hall–Kier alpha value is -2.14. The molecular weight excluding hydrogens is 300 g/mol. The van der Waals surface area contributed by atoms with Crippen molar-refractivity contribution in [2.75, 3.05) is 17.2 Å². The lowest BCUT2D eigenvalue weighted by atomic mass is 10.1. The lowest BCUT2D eigenvalue weighted by Gasteiger charge is -2.11. The molecule has 6 heteroatoms. The Bertz CT molecular complexity index is 647. The fraction of sp³-hybridized carbons (Fsp3) is 0.312. The number of carbonyl (C=O) groups is 1. The van der Waals surface area contributed by atoms with Crippen LogP contribution in [0.4, 0.5) is 11.5 Å². The fourth-order valence-electron chi connectivity index (χ4n) is 2.05. The Labute approximate surface area is 135 Å². The molecule has 1 aromatic heterocycles. The number of anilines is 2. The number of nitrogens with one attached hydrogen (secondary N) is 2. The van der Waals surface area contributed by atoms with Crippen molar-refractivity contribution < 1.29 is 4.79 Å². The summed E-state index contributed by atoms with van der Waals surface area (Å²) < 4.78 is 0. The molecule has 2 N–H and O–H groups in total. The maximum absolute atomic E-state index is 12.2. The monoisotopic (exact) mass is 318 g/mol. The topological polar surface area (TPSA) is 66.9 Å². The van der Waals surface area contributed by atoms with Gasteiger partial charge >= 0.3 is 0 Å². The zero-order valence-electron chi connectivity index (χ0n) is 12.9. The second kappa shape index (κ2) is 7.22. The number of hydrogen-bond acceptors (Lipinski definition) is 4. The van der Waals surface area contributed by atoms with Gasteiger partial charge in [-0.2, -0.15) is 0 Å². The number of carbonyl (C=O) groups excluding carboxylic acids is 1. The summed E-state index contributed by atoms with van der Waals surface area (Å²) in [5.74, 6) is 0.325. The van der Waals surface area contributed by atoms with Crippen molar-refractivity contribution in [1.82, 2.24) is 10.2 Å². The van der Waals surface area contributed by atoms with Crippen LogP contribution in [0.15, 0.2) is 24.3 Å². The lowest BCUT2D eigenvalue weighted by molar-refractivity contribution is 0.102. The van der Waals surface area contributed by atoms with Crippen molar-refractivity contribution in [2.45, 2.75) is 27.2 Å². The molecule has 0 saturated carbocycles. The number of aromatic nitrogens is 2. The van der Waals surface area contributed by atoms with E-state index in [2.05, 4.69) is 27.8 Å². The third-order valence-electron chi connectivity index (χ3n) is 3.12. The van der Waals surface area contributed by atoms with Gasteiger partial charge in [-0.15, -0.1) is 10.2 Å². The predicted octanol–water partition coefficient (Wildman–Crippen LogP) is 3.82. The second-order valence-electron chi connectivity index (χ2n) is 5.12. The van der Waals surface area contributed by atoms with E-state index >= 15 is 0 Å². The number of benzene rings is 1. The number of nitrogens with zero attached hydrogens (tertiary/aromatic N) is 2. The van der Waals surface area contributed by atoms with Crippen molar-refractivity contribution in [3.8, 4) is 0 Å². The van der Waals surface area contributed by atoms with Crippen molar-refractivity contribution in [3.05, 3.63) is 46.1 Å². The van der Waals surface area contributed by atoms with Crippen molar-refractivity contribution >= 4 is 29.0 Å². The van der Waals surface area contributed by atoms with Crippen molar-refractivity contribution in [1.29, 1.82) is 0 Å². The molecule has 2 rings (SSSR count). The summed E-state index contributed by atoms with van der Waals surface area (Å²) in [5.41, 5.74) is 2.81. The molecule has 0 saturated heterocycles. The van der Waals surface area contributed by atoms with Gasteiger partial charge in [-0.1, -0.05) is 24.6 Å². The van der Waals surface area contributed by atoms with E-state index in [9.17, 15) is 4.79 Å². The van der Waals surface area contributed by atoms with E-state index in [4.69, 9.17) is 11.6 Å². The normalized spacial score (nSPS) is 10.4. The van der Waals surface area contributed by atoms with E-state index in [1.165, 1.54) is 0 Å². The molecule has 0 radical (unpaired) electrons. The third kappa shape index (κ3) is 3.95. The van der Waals surface area contributed by atoms with E-state index in [-0.39, 0.29) is 11.6 Å². The zero-order valence-corrected chi connectivity index (χ0v) is 13.7. The van der Waals surface area contributed by atoms with Crippen LogP contribution < -0.4 is 10.6 Å². The molecule has 22 heavy (non-hydrogen) atoms. The molecule has 0 fully saturated rings. The van der Waals surface area contributed by atoms with Gasteiger partial charge in [0.2, 0.25) is 0 Å². The summed E-state index contributed by atoms with van der Waals surface area (Å²) >= 11 is 6.19. The molecule has 0 aliphatic rings. The molecule has 1 amide bonds. The van der Waals surface area contributed by atoms with E-state index in [1.807, 2.05) is 26.0 Å². The van der Waals surface area contributed by atoms with Crippen LogP contribution in [-0.2, 0) is 0 Å². The minimum Gasteiger partial charge on any atom is -0.369 e. The van der Waals surface area contributed by atoms with Gasteiger partial charge in [-0.3, -0.25) is 4.79 Å². The summed E-state index contributed by atoms with van der Waals surface area (Å²) in [6.07, 6.45) is 0.995. The first-order valence-corrected chi connectivity index (χ1v) is 7.54. The fourth-order valence-corrected chi connectivity index (χ4v) is 2.42. The molecule has 1 aromatic carbocycles. The van der Waals surface area contributed by atoms with Crippen LogP contribution in [0, 0.1) is 13.8 Å². The number of halogens is 1. The Morgan fingerprint density at radius 3 is 2.59 bits per heavy atom. The molecule has 0 aliphatic heterocycles. The minimum absolute atomic E-state index is 0.248. The Morgan fingerprint density at radius 2 is 2.00 bits per heavy atom. The van der Waals surface area contributed by atoms with E-state index < -0.39 is 0 Å². The quantitative estimate of drug-likeness (QED) is 0.879. The summed E-state index contributed by atoms with van der Waals surface area (Å²) in [5, 5.41) is 14.3. The molecule has 1 heterocycles. The highest BCUT2D eigenvalue weighted by Gasteiger charge is 2.13. The van der Waals surface area contributed by atoms with Crippen LogP contribution >= 0.6 is 11.6 Å². The maximum atomic E-state index is 12.2. The molecule has 0 atom stereocenters. The van der Waals surface area contributed by atoms with Gasteiger partial charge in [-0.25, -0.2) is 0 Å². The Balaban J connectivity index is 2.12. The largest absolute Gasteiger partial charge is 0.369 e. The summed E-state index contributed by atoms with van der Waals surface area (Å²) in [6, 6.07) is 7.15. The van der Waals surface area contributed by atoms with Crippen molar-refractivity contribution in [3.63, 3.8) is 0 Å². The smallest absolute Gasteiger partial charge is 0.276 e. The standard InChI is InChI=1S/C16H19ClN4O/c1-4-7-18-14-6-5-13(20-21-14)16(22)19-15-11(3)8-10(2)9-12(15)17/h5-6,8-9H,4,7H2,1-3H3,(H,18,21)(H,19,22). The van der Waals surface area contributed by atoms with Crippen LogP contribution in [0.25, 0.3) is 0 Å². The highest BCUT2D eigenvalue weighted by molar-refractivity contribution is 6.34. The molecule has 116 valence electrons. The molecule has 0 spiro atoms. The molecule has 0 unspecified atom stereocenters. The second-order valence-corrected chi connectivity index (χ2v) is 5.53. The lowest BCUT2D eigenvalue weighted by Crippen LogP contribution is -2.16. The van der Waals surface area contributed by atoms with E-state index in [1.54, 1.807) is 12.1 Å². The molecule has 2 aromatic rings. The molecular formula is C16H19ClN4O. The van der Waals surface area contributed by atoms with Gasteiger partial charge in [0.05, 0.1) is 10.7 Å². The Kier molecular flexibility index (Phi) is 5.33. The minimum atomic E-state index is -0.330. The number of hydrogen-bond donors (Lipinski definition) is 2. The average molecular weight is 319 g/mol. The van der Waals surface area contributed by atoms with Gasteiger partial charge in [0.1, 0.15) is 5.82 Å². The van der Waals surface area contributed by atoms with Crippen LogP contribution in [0.2, 0.25) is 5.02 Å². The summed E-state index contributed by atoms with van der Waals surface area (Å²) in [6.45, 7) is 6.74. The van der Waals surface area contributed by atoms with Crippen LogP contribution in [0.1, 0.15) is 35.0 Å². The summed E-state index contributed by atoms with van der Waals surface area (Å²) in [4.78, 5) is 12.2. The highest BCUT2D eigenvalue weighted by atomic mass is 35.5. The van der Waals surface area contributed by atoms with Gasteiger partial charge in [0.15, 0.2) is 5.69 Å². The molecule has 0 bridgehead atoms. The average Bonchev–Trinajstić information content (AvgIpc) is 2.49. The number of amides is 1. The first kappa shape index (κ1) is 16.2. The number of rotatable bonds is 5. The van der Waals surface area contributed by atoms with E-state index in [0.717, 1.165) is 24.1 Å². The van der Waals surface area contributed by atoms with Crippen LogP contribution in [0.3, 0.4) is 0 Å². The SMILES string of the molecule is CCCNc1ccc(C(=O)Nc2c(C)cc(C)cc2Cl)nn1. The first-order valence-electron chi connectivity index (χ1n) is 7.17. The summed E-state index contributed by atoms with van der Waals surface area (Å²) in [7, 11) is 0. The van der Waals surface area contributed by atoms with Crippen LogP contribution in [-0.4, -0.2) is 22.6 Å². The van der Waals surface area contributed by atoms with Gasteiger partial charge in [0, 0.05) is 6.54 Å². The molecule has 5 nitrogen and oxygen atoms in total. The maximum Gasteiger partial charge on any atom is 0.276 e. The van der Waals surface area contributed by atoms with Gasteiger partial charge < -0.3 is 10.6 Å². The third-order valence-corrected chi connectivity index (χ3v) is 3.42. The first-order chi connectivity index (χ1) is 10.5. The zero-order chi connectivity index (χ0) is 16.1. The van der Waals surface area contributed by atoms with Gasteiger partial charge in [-0.05, 0) is 49.6 Å².